The molecule has 0 radical (unpaired) electrons. The number of amides is 2. The fourth-order valence-electron chi connectivity index (χ4n) is 3.48. The van der Waals surface area contributed by atoms with Crippen LogP contribution in [-0.4, -0.2) is 50.9 Å². The normalized spacial score (nSPS) is 15.8. The Morgan fingerprint density at radius 2 is 1.71 bits per heavy atom. The van der Waals surface area contributed by atoms with Crippen molar-refractivity contribution in [2.45, 2.75) is 19.2 Å². The van der Waals surface area contributed by atoms with Crippen molar-refractivity contribution in [2.75, 3.05) is 40.0 Å². The molecule has 3 rings (SSSR count). The third-order valence-corrected chi connectivity index (χ3v) is 4.98. The summed E-state index contributed by atoms with van der Waals surface area (Å²) in [5.41, 5.74) is 3.35. The zero-order valence-corrected chi connectivity index (χ0v) is 16.4. The van der Waals surface area contributed by atoms with Gasteiger partial charge in [-0.25, -0.2) is 4.79 Å². The molecule has 28 heavy (non-hydrogen) atoms. The molecule has 1 unspecified atom stereocenters. The molecule has 1 aliphatic heterocycles. The van der Waals surface area contributed by atoms with Gasteiger partial charge in [0, 0.05) is 33.3 Å². The average molecular weight is 383 g/mol. The van der Waals surface area contributed by atoms with Crippen molar-refractivity contribution < 1.29 is 14.3 Å². The second-order valence-corrected chi connectivity index (χ2v) is 6.84. The first kappa shape index (κ1) is 20.3. The van der Waals surface area contributed by atoms with E-state index in [1.165, 1.54) is 5.56 Å². The molecule has 0 saturated carbocycles. The van der Waals surface area contributed by atoms with Crippen LogP contribution in [0.5, 0.6) is 0 Å². The molecule has 1 aliphatic rings. The van der Waals surface area contributed by atoms with Gasteiger partial charge in [-0.05, 0) is 16.7 Å². The molecule has 0 aromatic heterocycles. The predicted octanol–water partition coefficient (Wildman–Crippen LogP) is 2.71. The molecule has 1 fully saturated rings. The topological polar surface area (TPSA) is 62.8 Å². The van der Waals surface area contributed by atoms with Crippen LogP contribution < -0.4 is 10.6 Å². The van der Waals surface area contributed by atoms with E-state index in [1.807, 2.05) is 42.5 Å². The van der Waals surface area contributed by atoms with Gasteiger partial charge in [0.25, 0.3) is 0 Å². The summed E-state index contributed by atoms with van der Waals surface area (Å²) in [6, 6.07) is 18.3. The van der Waals surface area contributed by atoms with Gasteiger partial charge < -0.3 is 20.1 Å². The summed E-state index contributed by atoms with van der Waals surface area (Å²) in [6.45, 7) is 4.75. The molecule has 0 bridgehead atoms. The minimum absolute atomic E-state index is 0.136. The number of benzene rings is 2. The van der Waals surface area contributed by atoms with Crippen molar-refractivity contribution in [2.24, 2.45) is 0 Å². The first-order valence-electron chi connectivity index (χ1n) is 9.72. The maximum Gasteiger partial charge on any atom is 0.315 e. The van der Waals surface area contributed by atoms with E-state index < -0.39 is 0 Å². The predicted molar refractivity (Wildman–Crippen MR) is 109 cm³/mol. The van der Waals surface area contributed by atoms with Gasteiger partial charge in [-0.15, -0.1) is 0 Å². The number of ether oxygens (including phenoxy) is 2. The number of hydrogen-bond donors (Lipinski definition) is 2. The monoisotopic (exact) mass is 383 g/mol. The van der Waals surface area contributed by atoms with Gasteiger partial charge in [0.05, 0.1) is 25.9 Å². The SMILES string of the molecule is COCc1ccccc1CNC(=O)NCC(c1ccccc1)N1CCOCC1. The van der Waals surface area contributed by atoms with E-state index in [-0.39, 0.29) is 12.1 Å². The summed E-state index contributed by atoms with van der Waals surface area (Å²) in [5.74, 6) is 0. The summed E-state index contributed by atoms with van der Waals surface area (Å²) in [5, 5.41) is 6.00. The highest BCUT2D eigenvalue weighted by Crippen LogP contribution is 2.21. The number of rotatable bonds is 8. The Morgan fingerprint density at radius 3 is 2.43 bits per heavy atom. The van der Waals surface area contributed by atoms with Crippen LogP contribution in [0.3, 0.4) is 0 Å². The van der Waals surface area contributed by atoms with Crippen LogP contribution >= 0.6 is 0 Å². The van der Waals surface area contributed by atoms with E-state index in [1.54, 1.807) is 7.11 Å². The minimum atomic E-state index is -0.165. The first-order chi connectivity index (χ1) is 13.8. The Morgan fingerprint density at radius 1 is 1.04 bits per heavy atom. The van der Waals surface area contributed by atoms with Crippen molar-refractivity contribution in [3.63, 3.8) is 0 Å². The smallest absolute Gasteiger partial charge is 0.315 e. The lowest BCUT2D eigenvalue weighted by Gasteiger charge is -2.34. The number of urea groups is 1. The van der Waals surface area contributed by atoms with Crippen molar-refractivity contribution in [1.82, 2.24) is 15.5 Å². The Bertz CT molecular complexity index is 733. The lowest BCUT2D eigenvalue weighted by Crippen LogP contribution is -2.45. The van der Waals surface area contributed by atoms with Gasteiger partial charge in [0.15, 0.2) is 0 Å². The Hall–Kier alpha value is -2.41. The van der Waals surface area contributed by atoms with Crippen LogP contribution in [0.15, 0.2) is 54.6 Å². The van der Waals surface area contributed by atoms with Gasteiger partial charge in [0.2, 0.25) is 0 Å². The largest absolute Gasteiger partial charge is 0.380 e. The number of nitrogens with one attached hydrogen (secondary N) is 2. The van der Waals surface area contributed by atoms with Crippen LogP contribution in [-0.2, 0) is 22.6 Å². The second kappa shape index (κ2) is 10.8. The highest BCUT2D eigenvalue weighted by Gasteiger charge is 2.23. The molecule has 2 amide bonds. The zero-order chi connectivity index (χ0) is 19.6. The van der Waals surface area contributed by atoms with Crippen LogP contribution in [0.2, 0.25) is 0 Å². The second-order valence-electron chi connectivity index (χ2n) is 6.84. The quantitative estimate of drug-likeness (QED) is 0.736. The summed E-state index contributed by atoms with van der Waals surface area (Å²) < 4.78 is 10.7. The number of methoxy groups -OCH3 is 1. The fraction of sp³-hybridized carbons (Fsp3) is 0.409. The Labute approximate surface area is 166 Å². The van der Waals surface area contributed by atoms with Gasteiger partial charge in [-0.2, -0.15) is 0 Å². The summed E-state index contributed by atoms with van der Waals surface area (Å²) >= 11 is 0. The molecule has 1 heterocycles. The van der Waals surface area contributed by atoms with Crippen molar-refractivity contribution >= 4 is 6.03 Å². The van der Waals surface area contributed by atoms with Crippen molar-refractivity contribution in [3.05, 3.63) is 71.3 Å². The Balaban J connectivity index is 1.56. The lowest BCUT2D eigenvalue weighted by molar-refractivity contribution is 0.0167. The van der Waals surface area contributed by atoms with E-state index in [9.17, 15) is 4.79 Å². The highest BCUT2D eigenvalue weighted by molar-refractivity contribution is 5.73. The summed E-state index contributed by atoms with van der Waals surface area (Å²) in [4.78, 5) is 14.8. The van der Waals surface area contributed by atoms with Crippen molar-refractivity contribution in [3.8, 4) is 0 Å². The molecule has 6 heteroatoms. The van der Waals surface area contributed by atoms with Crippen molar-refractivity contribution in [1.29, 1.82) is 0 Å². The molecule has 1 saturated heterocycles. The zero-order valence-electron chi connectivity index (χ0n) is 16.4. The van der Waals surface area contributed by atoms with E-state index in [2.05, 4.69) is 27.7 Å². The number of morpholine rings is 1. The lowest BCUT2D eigenvalue weighted by atomic mass is 10.0. The maximum atomic E-state index is 12.4. The van der Waals surface area contributed by atoms with E-state index >= 15 is 0 Å². The van der Waals surface area contributed by atoms with Gasteiger partial charge in [-0.1, -0.05) is 54.6 Å². The molecule has 2 N–H and O–H groups in total. The Kier molecular flexibility index (Phi) is 7.84. The van der Waals surface area contributed by atoms with E-state index in [0.29, 0.717) is 19.7 Å². The third-order valence-electron chi connectivity index (χ3n) is 4.98. The molecule has 2 aromatic carbocycles. The minimum Gasteiger partial charge on any atom is -0.380 e. The van der Waals surface area contributed by atoms with Gasteiger partial charge in [-0.3, -0.25) is 4.90 Å². The van der Waals surface area contributed by atoms with E-state index in [4.69, 9.17) is 9.47 Å². The molecular weight excluding hydrogens is 354 g/mol. The molecule has 150 valence electrons. The summed E-state index contributed by atoms with van der Waals surface area (Å²) in [7, 11) is 1.67. The average Bonchev–Trinajstić information content (AvgIpc) is 2.75. The molecule has 2 aromatic rings. The fourth-order valence-corrected chi connectivity index (χ4v) is 3.48. The van der Waals surface area contributed by atoms with Gasteiger partial charge >= 0.3 is 6.03 Å². The highest BCUT2D eigenvalue weighted by atomic mass is 16.5. The molecule has 0 aliphatic carbocycles. The summed E-state index contributed by atoms with van der Waals surface area (Å²) in [6.07, 6.45) is 0. The van der Waals surface area contributed by atoms with E-state index in [0.717, 1.165) is 37.4 Å². The van der Waals surface area contributed by atoms with Crippen LogP contribution in [0.25, 0.3) is 0 Å². The standard InChI is InChI=1S/C22H29N3O3/c1-27-17-20-10-6-5-9-19(20)15-23-22(26)24-16-21(18-7-3-2-4-8-18)25-11-13-28-14-12-25/h2-10,21H,11-17H2,1H3,(H2,23,24,26). The maximum absolute atomic E-state index is 12.4. The van der Waals surface area contributed by atoms with Crippen LogP contribution in [0, 0.1) is 0 Å². The number of nitrogens with zero attached hydrogens (tertiary/aromatic N) is 1. The van der Waals surface area contributed by atoms with Crippen LogP contribution in [0.1, 0.15) is 22.7 Å². The molecular formula is C22H29N3O3. The molecule has 1 atom stereocenters. The number of carbonyl (C=O) groups excluding carboxylic acids is 1. The first-order valence-corrected chi connectivity index (χ1v) is 9.72. The number of hydrogen-bond acceptors (Lipinski definition) is 4. The third kappa shape index (κ3) is 5.79. The molecule has 0 spiro atoms. The number of carbonyl (C=O) groups is 1. The van der Waals surface area contributed by atoms with Crippen LogP contribution in [0.4, 0.5) is 4.79 Å². The van der Waals surface area contributed by atoms with Gasteiger partial charge in [0.1, 0.15) is 0 Å². The molecule has 6 nitrogen and oxygen atoms in total.